The summed E-state index contributed by atoms with van der Waals surface area (Å²) >= 11 is 1.40. The number of hydrogen-bond donors (Lipinski definition) is 1. The number of nitrogens with zero attached hydrogens (tertiary/aromatic N) is 2. The lowest BCUT2D eigenvalue weighted by atomic mass is 10.1. The molecule has 0 saturated carbocycles. The zero-order chi connectivity index (χ0) is 13.8. The summed E-state index contributed by atoms with van der Waals surface area (Å²) in [5, 5.41) is 4.70. The summed E-state index contributed by atoms with van der Waals surface area (Å²) in [4.78, 5) is 4.24. The van der Waals surface area contributed by atoms with Crippen LogP contribution in [0.25, 0.3) is 0 Å². The van der Waals surface area contributed by atoms with Crippen molar-refractivity contribution in [3.8, 4) is 0 Å². The normalized spacial score (nSPS) is 17.0. The van der Waals surface area contributed by atoms with Crippen molar-refractivity contribution < 1.29 is 8.78 Å². The van der Waals surface area contributed by atoms with E-state index in [9.17, 15) is 8.78 Å². The number of halogens is 2. The van der Waals surface area contributed by atoms with Crippen molar-refractivity contribution in [3.63, 3.8) is 0 Å². The molecule has 0 aromatic heterocycles. The molecule has 0 radical (unpaired) electrons. The van der Waals surface area contributed by atoms with Gasteiger partial charge in [0.1, 0.15) is 11.6 Å². The van der Waals surface area contributed by atoms with Crippen LogP contribution in [-0.2, 0) is 0 Å². The maximum absolute atomic E-state index is 13.6. The molecule has 1 aliphatic rings. The molecule has 1 N–H and O–H groups in total. The Labute approximate surface area is 114 Å². The Kier molecular flexibility index (Phi) is 4.31. The summed E-state index contributed by atoms with van der Waals surface area (Å²) in [6.07, 6.45) is 0. The second-order valence-corrected chi connectivity index (χ2v) is 5.13. The van der Waals surface area contributed by atoms with Gasteiger partial charge in [-0.25, -0.2) is 8.78 Å². The molecule has 1 aromatic rings. The smallest absolute Gasteiger partial charge is 0.177 e. The lowest BCUT2D eigenvalue weighted by Crippen LogP contribution is -2.26. The molecule has 2 rings (SSSR count). The van der Waals surface area contributed by atoms with Crippen LogP contribution in [0.1, 0.15) is 12.5 Å². The predicted octanol–water partition coefficient (Wildman–Crippen LogP) is 2.94. The highest BCUT2D eigenvalue weighted by molar-refractivity contribution is 8.14. The third-order valence-corrected chi connectivity index (χ3v) is 3.28. The van der Waals surface area contributed by atoms with Gasteiger partial charge in [0.05, 0.1) is 12.3 Å². The minimum absolute atomic E-state index is 0.180. The molecule has 0 unspecified atom stereocenters. The van der Waals surface area contributed by atoms with Crippen LogP contribution in [0.3, 0.4) is 0 Å². The molecule has 6 heteroatoms. The van der Waals surface area contributed by atoms with Gasteiger partial charge in [0.25, 0.3) is 0 Å². The fourth-order valence-electron chi connectivity index (χ4n) is 1.46. The minimum Gasteiger partial charge on any atom is -0.257 e. The van der Waals surface area contributed by atoms with E-state index in [0.29, 0.717) is 23.2 Å². The van der Waals surface area contributed by atoms with Gasteiger partial charge in [-0.05, 0) is 25.1 Å². The van der Waals surface area contributed by atoms with E-state index in [1.165, 1.54) is 11.8 Å². The molecule has 19 heavy (non-hydrogen) atoms. The molecule has 0 spiro atoms. The Hall–Kier alpha value is -1.69. The van der Waals surface area contributed by atoms with E-state index in [-0.39, 0.29) is 5.56 Å². The molecule has 0 aliphatic carbocycles. The van der Waals surface area contributed by atoms with Gasteiger partial charge in [0.2, 0.25) is 0 Å². The first-order chi connectivity index (χ1) is 9.06. The number of hydrogen-bond acceptors (Lipinski definition) is 3. The van der Waals surface area contributed by atoms with Gasteiger partial charge in [-0.15, -0.1) is 0 Å². The van der Waals surface area contributed by atoms with Crippen LogP contribution in [0.15, 0.2) is 40.4 Å². The molecule has 1 heterocycles. The lowest BCUT2D eigenvalue weighted by molar-refractivity contribution is 0.598. The molecule has 0 amide bonds. The predicted molar refractivity (Wildman–Crippen MR) is 75.6 cm³/mol. The summed E-state index contributed by atoms with van der Waals surface area (Å²) in [6.45, 7) is 6.16. The van der Waals surface area contributed by atoms with Crippen LogP contribution >= 0.6 is 11.8 Å². The van der Waals surface area contributed by atoms with Crippen LogP contribution in [0.2, 0.25) is 0 Å². The molecular formula is C13H13F2N3S. The second-order valence-electron chi connectivity index (χ2n) is 4.16. The summed E-state index contributed by atoms with van der Waals surface area (Å²) in [5.41, 5.74) is 4.33. The topological polar surface area (TPSA) is 36.8 Å². The highest BCUT2D eigenvalue weighted by atomic mass is 32.2. The van der Waals surface area contributed by atoms with Gasteiger partial charge >= 0.3 is 0 Å². The number of nitrogens with one attached hydrogen (secondary N) is 1. The minimum atomic E-state index is -0.482. The zero-order valence-corrected chi connectivity index (χ0v) is 11.2. The van der Waals surface area contributed by atoms with Crippen molar-refractivity contribution in [3.05, 3.63) is 47.5 Å². The van der Waals surface area contributed by atoms with E-state index >= 15 is 0 Å². The zero-order valence-electron chi connectivity index (χ0n) is 10.4. The van der Waals surface area contributed by atoms with Gasteiger partial charge in [-0.3, -0.25) is 10.4 Å². The first-order valence-corrected chi connectivity index (χ1v) is 6.64. The molecule has 1 aromatic carbocycles. The largest absolute Gasteiger partial charge is 0.257 e. The average molecular weight is 281 g/mol. The van der Waals surface area contributed by atoms with Crippen molar-refractivity contribution in [1.29, 1.82) is 0 Å². The number of aliphatic imine (C=N–C) groups is 1. The molecular weight excluding hydrogens is 268 g/mol. The average Bonchev–Trinajstić information content (AvgIpc) is 2.40. The Morgan fingerprint density at radius 1 is 1.53 bits per heavy atom. The van der Waals surface area contributed by atoms with Crippen LogP contribution < -0.4 is 5.43 Å². The standard InChI is InChI=1S/C13H13F2N3S/c1-8(2)6-16-13-18-17-12(7-19-13)10-5-9(14)3-4-11(10)15/h3-5H,1,6-7H2,2H3,(H,16,18). The fourth-order valence-corrected chi connectivity index (χ4v) is 2.22. The fraction of sp³-hybridized carbons (Fsp3) is 0.231. The molecule has 100 valence electrons. The van der Waals surface area contributed by atoms with Gasteiger partial charge in [0, 0.05) is 11.3 Å². The molecule has 0 bridgehead atoms. The Morgan fingerprint density at radius 3 is 2.95 bits per heavy atom. The van der Waals surface area contributed by atoms with E-state index in [0.717, 1.165) is 23.8 Å². The van der Waals surface area contributed by atoms with Crippen LogP contribution in [-0.4, -0.2) is 23.2 Å². The van der Waals surface area contributed by atoms with E-state index in [4.69, 9.17) is 0 Å². The second kappa shape index (κ2) is 5.97. The maximum atomic E-state index is 13.6. The highest BCUT2D eigenvalue weighted by Gasteiger charge is 2.16. The molecule has 1 aliphatic heterocycles. The van der Waals surface area contributed by atoms with Crippen molar-refractivity contribution in [1.82, 2.24) is 5.43 Å². The van der Waals surface area contributed by atoms with E-state index in [1.54, 1.807) is 0 Å². The highest BCUT2D eigenvalue weighted by Crippen LogP contribution is 2.17. The van der Waals surface area contributed by atoms with Crippen LogP contribution in [0.4, 0.5) is 8.78 Å². The number of hydrazone groups is 1. The first kappa shape index (κ1) is 13.7. The van der Waals surface area contributed by atoms with Crippen molar-refractivity contribution in [2.45, 2.75) is 6.92 Å². The molecule has 0 saturated heterocycles. The van der Waals surface area contributed by atoms with Gasteiger partial charge in [-0.2, -0.15) is 5.10 Å². The lowest BCUT2D eigenvalue weighted by Gasteiger charge is -2.15. The molecule has 0 fully saturated rings. The molecule has 0 atom stereocenters. The van der Waals surface area contributed by atoms with E-state index in [2.05, 4.69) is 22.1 Å². The third kappa shape index (κ3) is 3.64. The summed E-state index contributed by atoms with van der Waals surface area (Å²) in [5.74, 6) is -0.515. The monoisotopic (exact) mass is 281 g/mol. The van der Waals surface area contributed by atoms with Crippen molar-refractivity contribution in [2.24, 2.45) is 10.1 Å². The molecule has 3 nitrogen and oxygen atoms in total. The van der Waals surface area contributed by atoms with Crippen molar-refractivity contribution in [2.75, 3.05) is 12.3 Å². The number of benzene rings is 1. The van der Waals surface area contributed by atoms with Gasteiger partial charge < -0.3 is 0 Å². The quantitative estimate of drug-likeness (QED) is 0.865. The Balaban J connectivity index is 2.14. The maximum Gasteiger partial charge on any atom is 0.177 e. The van der Waals surface area contributed by atoms with Crippen LogP contribution in [0, 0.1) is 11.6 Å². The summed E-state index contributed by atoms with van der Waals surface area (Å²) in [7, 11) is 0. The van der Waals surface area contributed by atoms with E-state index in [1.807, 2.05) is 6.92 Å². The first-order valence-electron chi connectivity index (χ1n) is 5.66. The SMILES string of the molecule is C=C(C)CN=C1NN=C(c2cc(F)ccc2F)CS1. The number of rotatable bonds is 3. The Bertz CT molecular complexity index is 567. The summed E-state index contributed by atoms with van der Waals surface area (Å²) in [6, 6.07) is 3.33. The van der Waals surface area contributed by atoms with Crippen molar-refractivity contribution >= 4 is 22.6 Å². The number of amidine groups is 1. The van der Waals surface area contributed by atoms with Gasteiger partial charge in [-0.1, -0.05) is 23.9 Å². The van der Waals surface area contributed by atoms with Gasteiger partial charge in [0.15, 0.2) is 5.17 Å². The van der Waals surface area contributed by atoms with E-state index < -0.39 is 11.6 Å². The Morgan fingerprint density at radius 2 is 2.32 bits per heavy atom. The van der Waals surface area contributed by atoms with Crippen LogP contribution in [0.5, 0.6) is 0 Å². The third-order valence-electron chi connectivity index (χ3n) is 2.36. The number of thioether (sulfide) groups is 1. The summed E-state index contributed by atoms with van der Waals surface area (Å²) < 4.78 is 26.7.